The molecule has 2 aliphatic heterocycles. The van der Waals surface area contributed by atoms with Gasteiger partial charge in [-0.3, -0.25) is 24.1 Å². The summed E-state index contributed by atoms with van der Waals surface area (Å²) in [5.74, 6) is -2.74. The van der Waals surface area contributed by atoms with Gasteiger partial charge in [-0.25, -0.2) is 9.69 Å². The lowest BCUT2D eigenvalue weighted by molar-refractivity contribution is -0.143. The first kappa shape index (κ1) is 20.7. The number of rotatable bonds is 5. The number of fused-ring (bicyclic) bond motifs is 1. The molecule has 1 aromatic carbocycles. The highest BCUT2D eigenvalue weighted by Gasteiger charge is 2.46. The number of hydrogen-bond donors (Lipinski definition) is 1. The zero-order valence-corrected chi connectivity index (χ0v) is 17.6. The normalized spacial score (nSPS) is 18.9. The summed E-state index contributed by atoms with van der Waals surface area (Å²) in [6.07, 6.45) is 0.503. The molecule has 1 atom stereocenters. The van der Waals surface area contributed by atoms with Gasteiger partial charge in [-0.15, -0.1) is 11.3 Å². The van der Waals surface area contributed by atoms with Crippen LogP contribution in [0.3, 0.4) is 0 Å². The fraction of sp³-hybridized carbons (Fsp3) is 0.286. The molecule has 1 aromatic heterocycles. The van der Waals surface area contributed by atoms with Crippen molar-refractivity contribution in [1.29, 1.82) is 0 Å². The largest absolute Gasteiger partial charge is 0.334 e. The molecule has 2 aromatic rings. The fourth-order valence-corrected chi connectivity index (χ4v) is 4.44. The van der Waals surface area contributed by atoms with E-state index in [1.54, 1.807) is 31.2 Å². The Labute approximate surface area is 182 Å². The maximum absolute atomic E-state index is 13.1. The van der Waals surface area contributed by atoms with Crippen LogP contribution in [0.4, 0.5) is 16.2 Å². The molecule has 6 amide bonds. The van der Waals surface area contributed by atoms with Gasteiger partial charge in [0.2, 0.25) is 11.8 Å². The van der Waals surface area contributed by atoms with Crippen molar-refractivity contribution in [2.24, 2.45) is 0 Å². The molecule has 4 rings (SSSR count). The number of hydrogen-bond acceptors (Lipinski definition) is 6. The van der Waals surface area contributed by atoms with Gasteiger partial charge in [0, 0.05) is 30.3 Å². The predicted molar refractivity (Wildman–Crippen MR) is 113 cm³/mol. The van der Waals surface area contributed by atoms with Gasteiger partial charge in [0.25, 0.3) is 0 Å². The number of nitrogens with zero attached hydrogens (tertiary/aromatic N) is 3. The van der Waals surface area contributed by atoms with Crippen molar-refractivity contribution in [3.05, 3.63) is 46.7 Å². The molecule has 10 heteroatoms. The molecule has 0 aliphatic carbocycles. The van der Waals surface area contributed by atoms with Crippen LogP contribution in [-0.2, 0) is 25.6 Å². The third-order valence-corrected chi connectivity index (χ3v) is 6.15. The number of anilines is 2. The number of carbonyl (C=O) groups excluding carboxylic acids is 5. The maximum Gasteiger partial charge on any atom is 0.334 e. The van der Waals surface area contributed by atoms with E-state index in [4.69, 9.17) is 0 Å². The minimum Gasteiger partial charge on any atom is -0.324 e. The van der Waals surface area contributed by atoms with Crippen LogP contribution in [0.2, 0.25) is 0 Å². The lowest BCUT2D eigenvalue weighted by atomic mass is 10.1. The standard InChI is InChI=1S/C21H20N4O5S/c1-13-11-17(26)22-15-6-2-3-7-16(15)25(13)18(27)12-24-20(29)19(28)23(21(24)30)9-8-14-5-4-10-31-14/h2-7,10,13H,8-9,11-12H2,1H3,(H,22,26)/t13-/m1/s1. The lowest BCUT2D eigenvalue weighted by Gasteiger charge is -2.29. The molecule has 2 aliphatic rings. The van der Waals surface area contributed by atoms with E-state index in [9.17, 15) is 24.0 Å². The molecule has 0 unspecified atom stereocenters. The first-order chi connectivity index (χ1) is 14.9. The minimum atomic E-state index is -1.02. The Morgan fingerprint density at radius 1 is 1.06 bits per heavy atom. The molecular weight excluding hydrogens is 420 g/mol. The number of amides is 6. The molecule has 1 saturated heterocycles. The summed E-state index contributed by atoms with van der Waals surface area (Å²) in [7, 11) is 0. The third-order valence-electron chi connectivity index (χ3n) is 5.22. The molecule has 0 spiro atoms. The second kappa shape index (κ2) is 8.31. The lowest BCUT2D eigenvalue weighted by Crippen LogP contribution is -2.47. The fourth-order valence-electron chi connectivity index (χ4n) is 3.74. The van der Waals surface area contributed by atoms with Crippen molar-refractivity contribution in [1.82, 2.24) is 9.80 Å². The third kappa shape index (κ3) is 3.93. The maximum atomic E-state index is 13.1. The van der Waals surface area contributed by atoms with E-state index in [1.807, 2.05) is 17.5 Å². The Balaban J connectivity index is 1.52. The van der Waals surface area contributed by atoms with Crippen LogP contribution >= 0.6 is 11.3 Å². The quantitative estimate of drug-likeness (QED) is 0.564. The summed E-state index contributed by atoms with van der Waals surface area (Å²) < 4.78 is 0. The van der Waals surface area contributed by atoms with Gasteiger partial charge in [0.15, 0.2) is 0 Å². The Bertz CT molecular complexity index is 1070. The molecule has 1 N–H and O–H groups in total. The summed E-state index contributed by atoms with van der Waals surface area (Å²) in [6, 6.07) is 9.27. The van der Waals surface area contributed by atoms with E-state index in [2.05, 4.69) is 5.32 Å². The molecule has 1 fully saturated rings. The van der Waals surface area contributed by atoms with Crippen molar-refractivity contribution in [2.75, 3.05) is 23.3 Å². The first-order valence-electron chi connectivity index (χ1n) is 9.77. The molecule has 0 radical (unpaired) electrons. The molecule has 9 nitrogen and oxygen atoms in total. The van der Waals surface area contributed by atoms with Gasteiger partial charge in [-0.05, 0) is 30.5 Å². The Morgan fingerprint density at radius 3 is 2.55 bits per heavy atom. The van der Waals surface area contributed by atoms with Gasteiger partial charge in [0.1, 0.15) is 6.54 Å². The smallest absolute Gasteiger partial charge is 0.324 e. The van der Waals surface area contributed by atoms with Gasteiger partial charge >= 0.3 is 17.8 Å². The first-order valence-corrected chi connectivity index (χ1v) is 10.7. The summed E-state index contributed by atoms with van der Waals surface area (Å²) in [4.78, 5) is 66.7. The predicted octanol–water partition coefficient (Wildman–Crippen LogP) is 1.85. The Kier molecular flexibility index (Phi) is 5.55. The number of benzene rings is 1. The zero-order chi connectivity index (χ0) is 22.1. The number of imide groups is 2. The zero-order valence-electron chi connectivity index (χ0n) is 16.7. The highest BCUT2D eigenvalue weighted by atomic mass is 32.1. The van der Waals surface area contributed by atoms with Crippen molar-refractivity contribution in [3.8, 4) is 0 Å². The van der Waals surface area contributed by atoms with Crippen LogP contribution < -0.4 is 10.2 Å². The Morgan fingerprint density at radius 2 is 1.81 bits per heavy atom. The molecule has 0 bridgehead atoms. The number of para-hydroxylation sites is 2. The van der Waals surface area contributed by atoms with E-state index in [0.717, 1.165) is 9.78 Å². The average Bonchev–Trinajstić information content (AvgIpc) is 3.28. The van der Waals surface area contributed by atoms with Crippen LogP contribution in [0, 0.1) is 0 Å². The highest BCUT2D eigenvalue weighted by Crippen LogP contribution is 2.31. The number of carbonyl (C=O) groups is 5. The van der Waals surface area contributed by atoms with E-state index in [0.29, 0.717) is 22.7 Å². The van der Waals surface area contributed by atoms with Crippen LogP contribution in [-0.4, -0.2) is 58.6 Å². The van der Waals surface area contributed by atoms with Crippen LogP contribution in [0.15, 0.2) is 41.8 Å². The van der Waals surface area contributed by atoms with Gasteiger partial charge in [0.05, 0.1) is 11.4 Å². The van der Waals surface area contributed by atoms with E-state index in [1.165, 1.54) is 16.2 Å². The monoisotopic (exact) mass is 440 g/mol. The topological polar surface area (TPSA) is 107 Å². The number of thiophene rings is 1. The summed E-state index contributed by atoms with van der Waals surface area (Å²) in [5, 5.41) is 4.64. The summed E-state index contributed by atoms with van der Waals surface area (Å²) in [6.45, 7) is 1.20. The second-order valence-corrected chi connectivity index (χ2v) is 8.37. The van der Waals surface area contributed by atoms with Crippen LogP contribution in [0.5, 0.6) is 0 Å². The van der Waals surface area contributed by atoms with Crippen LogP contribution in [0.25, 0.3) is 0 Å². The molecule has 31 heavy (non-hydrogen) atoms. The molecule has 3 heterocycles. The van der Waals surface area contributed by atoms with E-state index < -0.39 is 36.3 Å². The highest BCUT2D eigenvalue weighted by molar-refractivity contribution is 7.09. The SMILES string of the molecule is C[C@@H]1CC(=O)Nc2ccccc2N1C(=O)CN1C(=O)C(=O)N(CCc2cccs2)C1=O. The number of urea groups is 1. The second-order valence-electron chi connectivity index (χ2n) is 7.34. The van der Waals surface area contributed by atoms with Crippen molar-refractivity contribution < 1.29 is 24.0 Å². The summed E-state index contributed by atoms with van der Waals surface area (Å²) >= 11 is 1.49. The summed E-state index contributed by atoms with van der Waals surface area (Å²) in [5.41, 5.74) is 0.948. The van der Waals surface area contributed by atoms with Gasteiger partial charge < -0.3 is 10.2 Å². The number of nitrogens with one attached hydrogen (secondary N) is 1. The average molecular weight is 440 g/mol. The van der Waals surface area contributed by atoms with Crippen molar-refractivity contribution in [3.63, 3.8) is 0 Å². The van der Waals surface area contributed by atoms with Crippen LogP contribution in [0.1, 0.15) is 18.2 Å². The van der Waals surface area contributed by atoms with E-state index >= 15 is 0 Å². The Hall–Kier alpha value is -3.53. The van der Waals surface area contributed by atoms with Crippen molar-refractivity contribution in [2.45, 2.75) is 25.8 Å². The van der Waals surface area contributed by atoms with Gasteiger partial charge in [-0.2, -0.15) is 0 Å². The molecular formula is C21H20N4O5S. The minimum absolute atomic E-state index is 0.0637. The van der Waals surface area contributed by atoms with E-state index in [-0.39, 0.29) is 18.9 Å². The van der Waals surface area contributed by atoms with Gasteiger partial charge in [-0.1, -0.05) is 18.2 Å². The van der Waals surface area contributed by atoms with Crippen molar-refractivity contribution >= 4 is 52.4 Å². The molecule has 160 valence electrons. The molecule has 0 saturated carbocycles.